The fourth-order valence-corrected chi connectivity index (χ4v) is 2.56. The normalized spacial score (nSPS) is 19.4. The number of hydrogen-bond donors (Lipinski definition) is 1. The smallest absolute Gasteiger partial charge is 0.194 e. The topological polar surface area (TPSA) is 57.9 Å². The number of rotatable bonds is 6. The largest absolute Gasteiger partial charge is 0.370 e. The average Bonchev–Trinajstić information content (AvgIpc) is 3.00. The number of hydrogen-bond acceptors (Lipinski definition) is 4. The summed E-state index contributed by atoms with van der Waals surface area (Å²) < 4.78 is 7.73. The Labute approximate surface area is 139 Å². The highest BCUT2D eigenvalue weighted by Gasteiger charge is 2.25. The molecule has 130 valence electrons. The van der Waals surface area contributed by atoms with Crippen LogP contribution in [0.5, 0.6) is 0 Å². The average molecular weight is 322 g/mol. The molecule has 2 rings (SSSR count). The van der Waals surface area contributed by atoms with Gasteiger partial charge in [-0.05, 0) is 20.5 Å². The molecule has 1 unspecified atom stereocenters. The van der Waals surface area contributed by atoms with E-state index < -0.39 is 0 Å². The molecule has 1 aromatic rings. The van der Waals surface area contributed by atoms with E-state index in [1.807, 2.05) is 24.1 Å². The zero-order valence-corrected chi connectivity index (χ0v) is 14.8. The van der Waals surface area contributed by atoms with Crippen molar-refractivity contribution in [3.05, 3.63) is 18.0 Å². The van der Waals surface area contributed by atoms with Gasteiger partial charge in [0, 0.05) is 38.4 Å². The number of aliphatic imine (C=N–C) groups is 1. The van der Waals surface area contributed by atoms with Gasteiger partial charge < -0.3 is 19.9 Å². The van der Waals surface area contributed by atoms with Gasteiger partial charge in [-0.1, -0.05) is 6.92 Å². The Morgan fingerprint density at radius 2 is 2.35 bits per heavy atom. The lowest BCUT2D eigenvalue weighted by atomic mass is 10.1. The van der Waals surface area contributed by atoms with Crippen LogP contribution in [0.2, 0.25) is 0 Å². The molecule has 0 radical (unpaired) electrons. The molecule has 23 heavy (non-hydrogen) atoms. The van der Waals surface area contributed by atoms with Gasteiger partial charge in [-0.2, -0.15) is 5.10 Å². The first-order valence-electron chi connectivity index (χ1n) is 8.46. The molecule has 0 bridgehead atoms. The highest BCUT2D eigenvalue weighted by molar-refractivity contribution is 5.80. The first kappa shape index (κ1) is 17.7. The van der Waals surface area contributed by atoms with Crippen LogP contribution in [0.1, 0.15) is 25.5 Å². The highest BCUT2D eigenvalue weighted by atomic mass is 16.5. The van der Waals surface area contributed by atoms with E-state index >= 15 is 0 Å². The summed E-state index contributed by atoms with van der Waals surface area (Å²) >= 11 is 0. The molecule has 0 amide bonds. The number of nitrogens with zero attached hydrogens (tertiary/aromatic N) is 5. The van der Waals surface area contributed by atoms with Gasteiger partial charge in [0.25, 0.3) is 0 Å². The predicted molar refractivity (Wildman–Crippen MR) is 92.6 cm³/mol. The van der Waals surface area contributed by atoms with Crippen molar-refractivity contribution in [1.82, 2.24) is 24.9 Å². The van der Waals surface area contributed by atoms with Crippen LogP contribution < -0.4 is 5.32 Å². The SMILES string of the molecule is CCNC(=NCCN(C)CC)N1CCOC(c2cnn(C)c2)C1. The second kappa shape index (κ2) is 8.88. The van der Waals surface area contributed by atoms with Gasteiger partial charge in [0.1, 0.15) is 6.10 Å². The van der Waals surface area contributed by atoms with Crippen LogP contribution >= 0.6 is 0 Å². The monoisotopic (exact) mass is 322 g/mol. The van der Waals surface area contributed by atoms with Crippen LogP contribution in [0.3, 0.4) is 0 Å². The molecule has 1 aliphatic rings. The third-order valence-corrected chi connectivity index (χ3v) is 4.08. The first-order chi connectivity index (χ1) is 11.1. The van der Waals surface area contributed by atoms with Gasteiger partial charge in [-0.15, -0.1) is 0 Å². The molecule has 7 nitrogen and oxygen atoms in total. The maximum atomic E-state index is 5.91. The van der Waals surface area contributed by atoms with Crippen LogP contribution in [0.15, 0.2) is 17.4 Å². The predicted octanol–water partition coefficient (Wildman–Crippen LogP) is 0.711. The molecule has 7 heteroatoms. The Hall–Kier alpha value is -1.60. The second-order valence-corrected chi connectivity index (χ2v) is 5.88. The van der Waals surface area contributed by atoms with Crippen molar-refractivity contribution in [3.63, 3.8) is 0 Å². The van der Waals surface area contributed by atoms with E-state index in [-0.39, 0.29) is 6.10 Å². The molecular weight excluding hydrogens is 292 g/mol. The minimum absolute atomic E-state index is 0.0552. The first-order valence-corrected chi connectivity index (χ1v) is 8.46. The molecule has 0 spiro atoms. The molecule has 1 aliphatic heterocycles. The fraction of sp³-hybridized carbons (Fsp3) is 0.750. The number of guanidine groups is 1. The standard InChI is InChI=1S/C16H30N6O/c1-5-17-16(18-7-8-20(3)6-2)22-9-10-23-15(13-22)14-11-19-21(4)12-14/h11-12,15H,5-10,13H2,1-4H3,(H,17,18). The number of nitrogens with one attached hydrogen (secondary N) is 1. The molecular formula is C16H30N6O. The lowest BCUT2D eigenvalue weighted by Crippen LogP contribution is -2.48. The quantitative estimate of drug-likeness (QED) is 0.617. The van der Waals surface area contributed by atoms with E-state index in [2.05, 4.69) is 41.1 Å². The number of aromatic nitrogens is 2. The number of likely N-dealkylation sites (N-methyl/N-ethyl adjacent to an activating group) is 1. The Balaban J connectivity index is 1.98. The Kier molecular flexibility index (Phi) is 6.85. The van der Waals surface area contributed by atoms with E-state index in [9.17, 15) is 0 Å². The number of morpholine rings is 1. The van der Waals surface area contributed by atoms with Gasteiger partial charge in [0.05, 0.1) is 25.9 Å². The maximum absolute atomic E-state index is 5.91. The summed E-state index contributed by atoms with van der Waals surface area (Å²) in [4.78, 5) is 9.33. The van der Waals surface area contributed by atoms with Crippen molar-refractivity contribution in [3.8, 4) is 0 Å². The van der Waals surface area contributed by atoms with Crippen molar-refractivity contribution in [2.75, 3.05) is 52.9 Å². The van der Waals surface area contributed by atoms with Crippen LogP contribution in [0.4, 0.5) is 0 Å². The molecule has 2 heterocycles. The Morgan fingerprint density at radius 3 is 3.00 bits per heavy atom. The minimum Gasteiger partial charge on any atom is -0.370 e. The molecule has 1 N–H and O–H groups in total. The van der Waals surface area contributed by atoms with Crippen molar-refractivity contribution in [2.24, 2.45) is 12.0 Å². The van der Waals surface area contributed by atoms with Crippen molar-refractivity contribution in [1.29, 1.82) is 0 Å². The molecule has 1 fully saturated rings. The van der Waals surface area contributed by atoms with Crippen molar-refractivity contribution >= 4 is 5.96 Å². The second-order valence-electron chi connectivity index (χ2n) is 5.88. The summed E-state index contributed by atoms with van der Waals surface area (Å²) in [6, 6.07) is 0. The highest BCUT2D eigenvalue weighted by Crippen LogP contribution is 2.21. The Bertz CT molecular complexity index is 501. The third kappa shape index (κ3) is 5.21. The summed E-state index contributed by atoms with van der Waals surface area (Å²) in [7, 11) is 4.05. The maximum Gasteiger partial charge on any atom is 0.194 e. The van der Waals surface area contributed by atoms with E-state index in [1.54, 1.807) is 0 Å². The Morgan fingerprint density at radius 1 is 1.52 bits per heavy atom. The lowest BCUT2D eigenvalue weighted by molar-refractivity contribution is -0.00804. The van der Waals surface area contributed by atoms with E-state index in [1.165, 1.54) is 0 Å². The molecule has 0 saturated carbocycles. The summed E-state index contributed by atoms with van der Waals surface area (Å²) in [6.07, 6.45) is 3.96. The van der Waals surface area contributed by atoms with E-state index in [4.69, 9.17) is 9.73 Å². The summed E-state index contributed by atoms with van der Waals surface area (Å²) in [5.41, 5.74) is 1.12. The molecule has 0 aliphatic carbocycles. The third-order valence-electron chi connectivity index (χ3n) is 4.08. The van der Waals surface area contributed by atoms with E-state index in [0.29, 0.717) is 6.61 Å². The summed E-state index contributed by atoms with van der Waals surface area (Å²) in [6.45, 7) is 10.3. The molecule has 1 atom stereocenters. The number of aryl methyl sites for hydroxylation is 1. The van der Waals surface area contributed by atoms with Gasteiger partial charge in [0.15, 0.2) is 5.96 Å². The van der Waals surface area contributed by atoms with Crippen LogP contribution in [0.25, 0.3) is 0 Å². The van der Waals surface area contributed by atoms with Crippen LogP contribution in [0, 0.1) is 0 Å². The molecule has 1 saturated heterocycles. The summed E-state index contributed by atoms with van der Waals surface area (Å²) in [5.74, 6) is 0.981. The molecule has 0 aromatic carbocycles. The van der Waals surface area contributed by atoms with Gasteiger partial charge in [0.2, 0.25) is 0 Å². The summed E-state index contributed by atoms with van der Waals surface area (Å²) in [5, 5.41) is 7.65. The zero-order valence-electron chi connectivity index (χ0n) is 14.8. The van der Waals surface area contributed by atoms with Gasteiger partial charge in [-0.3, -0.25) is 9.67 Å². The molecule has 1 aromatic heterocycles. The van der Waals surface area contributed by atoms with E-state index in [0.717, 1.165) is 50.8 Å². The van der Waals surface area contributed by atoms with Crippen molar-refractivity contribution in [2.45, 2.75) is 20.0 Å². The number of ether oxygens (including phenoxy) is 1. The van der Waals surface area contributed by atoms with Gasteiger partial charge >= 0.3 is 0 Å². The van der Waals surface area contributed by atoms with Crippen LogP contribution in [-0.2, 0) is 11.8 Å². The fourth-order valence-electron chi connectivity index (χ4n) is 2.56. The minimum atomic E-state index is 0.0552. The van der Waals surface area contributed by atoms with Crippen LogP contribution in [-0.4, -0.2) is 78.5 Å². The van der Waals surface area contributed by atoms with Crippen molar-refractivity contribution < 1.29 is 4.74 Å². The van der Waals surface area contributed by atoms with Gasteiger partial charge in [-0.25, -0.2) is 0 Å². The lowest BCUT2D eigenvalue weighted by Gasteiger charge is -2.34. The zero-order chi connectivity index (χ0) is 16.7.